The summed E-state index contributed by atoms with van der Waals surface area (Å²) in [7, 11) is 0. The summed E-state index contributed by atoms with van der Waals surface area (Å²) in [5.41, 5.74) is -0.0427. The number of aliphatic hydroxyl groups excluding tert-OH is 1. The normalized spacial score (nSPS) is 34.3. The van der Waals surface area contributed by atoms with Crippen LogP contribution in [0, 0.1) is 11.3 Å². The smallest absolute Gasteiger partial charge is 0.327 e. The molecule has 3 N–H and O–H groups in total. The maximum Gasteiger partial charge on any atom is 0.327 e. The standard InChI is InChI=1S/C37H49N3O11/c1-36(2,3)50-29(43)12-10-24(19-41)39-28(42)13-14-38-35(45)37-17-27-30-31(47-20-46-30)33(37)51-40(32(37)34(44)49-27)18-23-6-4-5-21(15-23)7-8-22-9-11-25-26(16-22)48-25/h4-8,15,22,24-27,30-33,41H,9-14,16-20H2,1-3H3,(H,38,45)(H,39,42)/t22?,24-,25?,26?,27+,30-,31-,32-,33+,37-/m0/s1. The zero-order chi connectivity index (χ0) is 35.9. The SMILES string of the molecule is CC(C)(C)OC(=O)CC[C@@H](CO)NC(=O)CCNC(=O)[C@@]12C[C@H]3OC(=O)[C@@H]1N(Cc1cccc(C=CC4CCC5OC5C4)c1)O[C@@H]2[C@H]1OCO[C@H]13. The molecule has 2 bridgehead atoms. The van der Waals surface area contributed by atoms with E-state index >= 15 is 0 Å². The Kier molecular flexibility index (Phi) is 10.3. The molecular weight excluding hydrogens is 662 g/mol. The lowest BCUT2D eigenvalue weighted by Gasteiger charge is -2.48. The minimum atomic E-state index is -1.34. The van der Waals surface area contributed by atoms with Crippen molar-refractivity contribution in [1.82, 2.24) is 15.7 Å². The van der Waals surface area contributed by atoms with E-state index in [1.165, 1.54) is 0 Å². The zero-order valence-corrected chi connectivity index (χ0v) is 29.4. The van der Waals surface area contributed by atoms with Crippen molar-refractivity contribution in [2.75, 3.05) is 19.9 Å². The highest BCUT2D eigenvalue weighted by atomic mass is 16.8. The number of hydrogen-bond acceptors (Lipinski definition) is 12. The molecule has 4 aliphatic heterocycles. The van der Waals surface area contributed by atoms with Crippen LogP contribution in [0.3, 0.4) is 0 Å². The van der Waals surface area contributed by atoms with Crippen LogP contribution in [-0.2, 0) is 54.2 Å². The van der Waals surface area contributed by atoms with E-state index in [0.29, 0.717) is 18.1 Å². The Bertz CT molecular complexity index is 1530. The molecular formula is C37H49N3O11. The van der Waals surface area contributed by atoms with Crippen molar-refractivity contribution in [3.05, 3.63) is 41.5 Å². The second-order valence-corrected chi connectivity index (χ2v) is 15.6. The summed E-state index contributed by atoms with van der Waals surface area (Å²) in [5.74, 6) is -1.34. The number of esters is 2. The third kappa shape index (κ3) is 7.72. The molecule has 1 aromatic rings. The van der Waals surface area contributed by atoms with Gasteiger partial charge in [-0.2, -0.15) is 5.06 Å². The minimum Gasteiger partial charge on any atom is -0.460 e. The predicted octanol–water partition coefficient (Wildman–Crippen LogP) is 1.91. The van der Waals surface area contributed by atoms with Gasteiger partial charge in [0.25, 0.3) is 0 Å². The Labute approximate surface area is 297 Å². The fraction of sp³-hybridized carbons (Fsp3) is 0.676. The number of fused-ring (bicyclic) bond motifs is 5. The highest BCUT2D eigenvalue weighted by Crippen LogP contribution is 2.55. The average molecular weight is 712 g/mol. The Morgan fingerprint density at radius 2 is 1.94 bits per heavy atom. The Morgan fingerprint density at radius 1 is 1.12 bits per heavy atom. The first-order chi connectivity index (χ1) is 24.4. The number of hydroxylamine groups is 2. The largest absolute Gasteiger partial charge is 0.460 e. The van der Waals surface area contributed by atoms with Gasteiger partial charge in [-0.1, -0.05) is 36.4 Å². The zero-order valence-electron chi connectivity index (χ0n) is 29.4. The number of nitrogens with zero attached hydrogens (tertiary/aromatic N) is 1. The minimum absolute atomic E-state index is 0.00532. The van der Waals surface area contributed by atoms with Crippen molar-refractivity contribution in [3.63, 3.8) is 0 Å². The van der Waals surface area contributed by atoms with Crippen molar-refractivity contribution >= 4 is 29.8 Å². The number of allylic oxidation sites excluding steroid dienone is 1. The number of aliphatic hydroxyl groups is 1. The van der Waals surface area contributed by atoms with Crippen LogP contribution in [0.2, 0.25) is 0 Å². The molecule has 51 heavy (non-hydrogen) atoms. The first-order valence-electron chi connectivity index (χ1n) is 18.1. The molecule has 6 aliphatic rings. The fourth-order valence-electron chi connectivity index (χ4n) is 8.31. The predicted molar refractivity (Wildman–Crippen MR) is 179 cm³/mol. The van der Waals surface area contributed by atoms with Crippen LogP contribution in [0.4, 0.5) is 0 Å². The number of carbonyl (C=O) groups excluding carboxylic acids is 4. The van der Waals surface area contributed by atoms with Crippen molar-refractivity contribution in [1.29, 1.82) is 0 Å². The lowest BCUT2D eigenvalue weighted by molar-refractivity contribution is -0.201. The van der Waals surface area contributed by atoms with E-state index in [-0.39, 0.29) is 52.2 Å². The highest BCUT2D eigenvalue weighted by Gasteiger charge is 2.74. The summed E-state index contributed by atoms with van der Waals surface area (Å²) in [5, 5.41) is 16.9. The Balaban J connectivity index is 1.00. The monoisotopic (exact) mass is 711 g/mol. The summed E-state index contributed by atoms with van der Waals surface area (Å²) < 4.78 is 28.6. The van der Waals surface area contributed by atoms with E-state index in [2.05, 4.69) is 28.9 Å². The lowest BCUT2D eigenvalue weighted by Crippen LogP contribution is -2.69. The molecule has 7 rings (SSSR count). The van der Waals surface area contributed by atoms with Gasteiger partial charge < -0.3 is 39.4 Å². The molecule has 10 atom stereocenters. The first-order valence-corrected chi connectivity index (χ1v) is 18.1. The molecule has 278 valence electrons. The summed E-state index contributed by atoms with van der Waals surface area (Å²) in [6.45, 7) is 5.14. The molecule has 3 unspecified atom stereocenters. The molecule has 14 heteroatoms. The highest BCUT2D eigenvalue weighted by molar-refractivity contribution is 5.94. The van der Waals surface area contributed by atoms with Gasteiger partial charge in [0.05, 0.1) is 31.4 Å². The van der Waals surface area contributed by atoms with Crippen LogP contribution < -0.4 is 10.6 Å². The van der Waals surface area contributed by atoms with Crippen molar-refractivity contribution in [2.45, 2.75) is 127 Å². The van der Waals surface area contributed by atoms with Gasteiger partial charge in [0.15, 0.2) is 6.04 Å². The third-order valence-corrected chi connectivity index (χ3v) is 10.7. The van der Waals surface area contributed by atoms with Crippen LogP contribution in [0.1, 0.15) is 76.8 Å². The number of ether oxygens (including phenoxy) is 5. The molecule has 1 aromatic carbocycles. The molecule has 6 fully saturated rings. The van der Waals surface area contributed by atoms with E-state index in [0.717, 1.165) is 30.4 Å². The molecule has 2 amide bonds. The summed E-state index contributed by atoms with van der Waals surface area (Å²) >= 11 is 0. The van der Waals surface area contributed by atoms with Crippen LogP contribution in [-0.4, -0.2) is 108 Å². The van der Waals surface area contributed by atoms with Gasteiger partial charge in [-0.05, 0) is 63.5 Å². The number of amides is 2. The van der Waals surface area contributed by atoms with Crippen LogP contribution in [0.15, 0.2) is 30.3 Å². The summed E-state index contributed by atoms with van der Waals surface area (Å²) in [6, 6.07) is 6.31. The third-order valence-electron chi connectivity index (χ3n) is 10.7. The molecule has 14 nitrogen and oxygen atoms in total. The Morgan fingerprint density at radius 3 is 2.73 bits per heavy atom. The maximum absolute atomic E-state index is 14.2. The number of hydrogen-bond donors (Lipinski definition) is 3. The van der Waals surface area contributed by atoms with Crippen LogP contribution in [0.5, 0.6) is 0 Å². The van der Waals surface area contributed by atoms with Gasteiger partial charge in [-0.3, -0.25) is 24.0 Å². The van der Waals surface area contributed by atoms with E-state index in [1.807, 2.05) is 18.2 Å². The van der Waals surface area contributed by atoms with E-state index in [4.69, 9.17) is 28.5 Å². The molecule has 0 aromatic heterocycles. The van der Waals surface area contributed by atoms with Gasteiger partial charge in [0.1, 0.15) is 42.2 Å². The lowest BCUT2D eigenvalue weighted by atomic mass is 9.62. The van der Waals surface area contributed by atoms with Gasteiger partial charge in [-0.25, -0.2) is 0 Å². The van der Waals surface area contributed by atoms with Gasteiger partial charge >= 0.3 is 11.9 Å². The number of carbonyl (C=O) groups is 4. The second kappa shape index (κ2) is 14.6. The summed E-state index contributed by atoms with van der Waals surface area (Å²) in [4.78, 5) is 59.3. The maximum atomic E-state index is 14.2. The molecule has 0 radical (unpaired) electrons. The van der Waals surface area contributed by atoms with E-state index < -0.39 is 71.3 Å². The summed E-state index contributed by atoms with van der Waals surface area (Å²) in [6.07, 6.45) is 6.15. The Hall–Kier alpha value is -3.40. The van der Waals surface area contributed by atoms with Gasteiger partial charge in [0, 0.05) is 25.8 Å². The van der Waals surface area contributed by atoms with Crippen molar-refractivity contribution in [2.24, 2.45) is 11.3 Å². The van der Waals surface area contributed by atoms with Crippen molar-refractivity contribution in [3.8, 4) is 0 Å². The topological polar surface area (TPSA) is 174 Å². The molecule has 4 saturated heterocycles. The number of rotatable bonds is 13. The quantitative estimate of drug-likeness (QED) is 0.201. The molecule has 4 heterocycles. The number of benzene rings is 1. The van der Waals surface area contributed by atoms with Crippen molar-refractivity contribution < 1.29 is 52.8 Å². The molecule has 2 aliphatic carbocycles. The number of nitrogens with one attached hydrogen (secondary N) is 2. The first kappa shape index (κ1) is 36.0. The molecule has 0 spiro atoms. The second-order valence-electron chi connectivity index (χ2n) is 15.6. The van der Waals surface area contributed by atoms with Gasteiger partial charge in [0.2, 0.25) is 11.8 Å². The van der Waals surface area contributed by atoms with Crippen LogP contribution in [0.25, 0.3) is 6.08 Å². The van der Waals surface area contributed by atoms with Crippen LogP contribution >= 0.6 is 0 Å². The van der Waals surface area contributed by atoms with E-state index in [1.54, 1.807) is 25.8 Å². The van der Waals surface area contributed by atoms with E-state index in [9.17, 15) is 24.3 Å². The average Bonchev–Trinajstić information content (AvgIpc) is 3.51. The fourth-order valence-corrected chi connectivity index (χ4v) is 8.31. The van der Waals surface area contributed by atoms with Gasteiger partial charge in [-0.15, -0.1) is 0 Å². The number of epoxide rings is 1. The molecule has 2 saturated carbocycles.